The lowest BCUT2D eigenvalue weighted by Crippen LogP contribution is -2.49. The summed E-state index contributed by atoms with van der Waals surface area (Å²) in [4.78, 5) is 18.8. The van der Waals surface area contributed by atoms with E-state index in [1.807, 2.05) is 21.9 Å². The van der Waals surface area contributed by atoms with Crippen LogP contribution in [0.5, 0.6) is 0 Å². The second kappa shape index (κ2) is 7.97. The summed E-state index contributed by atoms with van der Waals surface area (Å²) >= 11 is 0. The zero-order valence-corrected chi connectivity index (χ0v) is 14.6. The molecule has 2 aliphatic rings. The van der Waals surface area contributed by atoms with Crippen LogP contribution in [-0.4, -0.2) is 61.5 Å². The molecule has 2 heterocycles. The summed E-state index contributed by atoms with van der Waals surface area (Å²) in [7, 11) is 0. The van der Waals surface area contributed by atoms with Crippen molar-refractivity contribution in [2.24, 2.45) is 5.92 Å². The van der Waals surface area contributed by atoms with Gasteiger partial charge in [-0.3, -0.25) is 4.79 Å². The van der Waals surface area contributed by atoms with E-state index in [2.05, 4.69) is 11.8 Å². The third-order valence-corrected chi connectivity index (χ3v) is 5.34. The third kappa shape index (κ3) is 4.26. The minimum Gasteiger partial charge on any atom is -0.366 e. The molecule has 0 saturated carbocycles. The smallest absolute Gasteiger partial charge is 0.223 e. The predicted molar refractivity (Wildman–Crippen MR) is 94.6 cm³/mol. The monoisotopic (exact) mass is 333 g/mol. The number of rotatable bonds is 4. The molecule has 1 aromatic rings. The molecule has 0 spiro atoms. The maximum atomic E-state index is 13.9. The number of para-hydroxylation sites is 1. The van der Waals surface area contributed by atoms with Crippen LogP contribution in [0.15, 0.2) is 24.3 Å². The van der Waals surface area contributed by atoms with Crippen LogP contribution >= 0.6 is 0 Å². The lowest BCUT2D eigenvalue weighted by atomic mass is 9.99. The minimum atomic E-state index is -0.184. The largest absolute Gasteiger partial charge is 0.366 e. The van der Waals surface area contributed by atoms with E-state index in [9.17, 15) is 9.18 Å². The van der Waals surface area contributed by atoms with E-state index in [1.165, 1.54) is 18.9 Å². The molecule has 1 aromatic carbocycles. The Kier molecular flexibility index (Phi) is 5.72. The average molecular weight is 333 g/mol. The van der Waals surface area contributed by atoms with Gasteiger partial charge < -0.3 is 14.7 Å². The fraction of sp³-hybridized carbons (Fsp3) is 0.632. The number of likely N-dealkylation sites (tertiary alicyclic amines) is 1. The number of amides is 1. The normalized spacial score (nSPS) is 20.4. The highest BCUT2D eigenvalue weighted by Crippen LogP contribution is 2.20. The molecular formula is C19H28FN3O. The number of hydrogen-bond acceptors (Lipinski definition) is 3. The zero-order chi connectivity index (χ0) is 16.9. The highest BCUT2D eigenvalue weighted by atomic mass is 19.1. The van der Waals surface area contributed by atoms with Crippen molar-refractivity contribution in [3.63, 3.8) is 0 Å². The first-order valence-corrected chi connectivity index (χ1v) is 9.13. The number of anilines is 1. The summed E-state index contributed by atoms with van der Waals surface area (Å²) in [5, 5.41) is 0. The molecular weight excluding hydrogens is 305 g/mol. The number of benzene rings is 1. The fourth-order valence-corrected chi connectivity index (χ4v) is 3.60. The van der Waals surface area contributed by atoms with Gasteiger partial charge in [0.25, 0.3) is 0 Å². The first-order valence-electron chi connectivity index (χ1n) is 9.13. The van der Waals surface area contributed by atoms with Gasteiger partial charge in [-0.1, -0.05) is 19.1 Å². The van der Waals surface area contributed by atoms with Crippen LogP contribution in [-0.2, 0) is 4.79 Å². The molecule has 1 amide bonds. The maximum absolute atomic E-state index is 13.9. The number of piperidine rings is 1. The van der Waals surface area contributed by atoms with Gasteiger partial charge in [0.05, 0.1) is 5.69 Å². The van der Waals surface area contributed by atoms with Crippen LogP contribution in [0.2, 0.25) is 0 Å². The molecule has 0 radical (unpaired) electrons. The fourth-order valence-electron chi connectivity index (χ4n) is 3.60. The van der Waals surface area contributed by atoms with Crippen LogP contribution in [0, 0.1) is 11.7 Å². The molecule has 0 aliphatic carbocycles. The van der Waals surface area contributed by atoms with Crippen LogP contribution in [0.25, 0.3) is 0 Å². The number of hydrogen-bond donors (Lipinski definition) is 0. The average Bonchev–Trinajstić information content (AvgIpc) is 2.61. The van der Waals surface area contributed by atoms with Gasteiger partial charge in [0.1, 0.15) is 5.82 Å². The summed E-state index contributed by atoms with van der Waals surface area (Å²) in [6.07, 6.45) is 3.10. The zero-order valence-electron chi connectivity index (χ0n) is 14.6. The quantitative estimate of drug-likeness (QED) is 0.847. The van der Waals surface area contributed by atoms with Gasteiger partial charge in [-0.15, -0.1) is 0 Å². The molecule has 3 rings (SSSR count). The number of nitrogens with zero attached hydrogens (tertiary/aromatic N) is 3. The van der Waals surface area contributed by atoms with Gasteiger partial charge in [-0.05, 0) is 44.0 Å². The van der Waals surface area contributed by atoms with Crippen molar-refractivity contribution in [1.29, 1.82) is 0 Å². The van der Waals surface area contributed by atoms with Gasteiger partial charge in [0.15, 0.2) is 0 Å². The van der Waals surface area contributed by atoms with Crippen molar-refractivity contribution in [3.8, 4) is 0 Å². The van der Waals surface area contributed by atoms with Crippen molar-refractivity contribution in [3.05, 3.63) is 30.1 Å². The molecule has 2 aliphatic heterocycles. The van der Waals surface area contributed by atoms with Crippen LogP contribution in [0.1, 0.15) is 26.2 Å². The van der Waals surface area contributed by atoms with Gasteiger partial charge in [-0.2, -0.15) is 0 Å². The molecule has 0 aromatic heterocycles. The Morgan fingerprint density at radius 3 is 2.42 bits per heavy atom. The van der Waals surface area contributed by atoms with Crippen molar-refractivity contribution in [1.82, 2.24) is 9.80 Å². The summed E-state index contributed by atoms with van der Waals surface area (Å²) in [5.74, 6) is 0.877. The molecule has 24 heavy (non-hydrogen) atoms. The van der Waals surface area contributed by atoms with E-state index in [-0.39, 0.29) is 11.7 Å². The molecule has 0 bridgehead atoms. The third-order valence-electron chi connectivity index (χ3n) is 5.34. The molecule has 132 valence electrons. The van der Waals surface area contributed by atoms with Crippen molar-refractivity contribution < 1.29 is 9.18 Å². The minimum absolute atomic E-state index is 0.184. The first-order chi connectivity index (χ1) is 11.6. The van der Waals surface area contributed by atoms with E-state index in [1.54, 1.807) is 6.07 Å². The van der Waals surface area contributed by atoms with Crippen molar-refractivity contribution >= 4 is 11.6 Å². The van der Waals surface area contributed by atoms with E-state index >= 15 is 0 Å². The molecule has 2 fully saturated rings. The lowest BCUT2D eigenvalue weighted by Gasteiger charge is -2.37. The molecule has 4 nitrogen and oxygen atoms in total. The van der Waals surface area contributed by atoms with Crippen LogP contribution < -0.4 is 4.90 Å². The number of piperazine rings is 1. The van der Waals surface area contributed by atoms with Crippen molar-refractivity contribution in [2.75, 3.05) is 50.7 Å². The van der Waals surface area contributed by atoms with Crippen LogP contribution in [0.4, 0.5) is 10.1 Å². The second-order valence-corrected chi connectivity index (χ2v) is 7.09. The van der Waals surface area contributed by atoms with E-state index in [0.717, 1.165) is 25.6 Å². The van der Waals surface area contributed by atoms with E-state index in [0.29, 0.717) is 38.3 Å². The van der Waals surface area contributed by atoms with Crippen LogP contribution in [0.3, 0.4) is 0 Å². The van der Waals surface area contributed by atoms with Gasteiger partial charge in [-0.25, -0.2) is 4.39 Å². The number of carbonyl (C=O) groups is 1. The standard InChI is InChI=1S/C19H28FN3O/c1-16-6-9-21(10-7-16)11-8-19(24)23-14-12-22(13-15-23)18-5-3-2-4-17(18)20/h2-5,16H,6-15H2,1H3. The highest BCUT2D eigenvalue weighted by molar-refractivity contribution is 5.76. The Morgan fingerprint density at radius 2 is 1.75 bits per heavy atom. The molecule has 5 heteroatoms. The summed E-state index contributed by atoms with van der Waals surface area (Å²) in [6, 6.07) is 6.87. The topological polar surface area (TPSA) is 26.8 Å². The van der Waals surface area contributed by atoms with Crippen molar-refractivity contribution in [2.45, 2.75) is 26.2 Å². The SMILES string of the molecule is CC1CCN(CCC(=O)N2CCN(c3ccccc3F)CC2)CC1. The first kappa shape index (κ1) is 17.2. The highest BCUT2D eigenvalue weighted by Gasteiger charge is 2.23. The van der Waals surface area contributed by atoms with Gasteiger partial charge >= 0.3 is 0 Å². The molecule has 2 saturated heterocycles. The Labute approximate surface area is 144 Å². The predicted octanol–water partition coefficient (Wildman–Crippen LogP) is 2.60. The Hall–Kier alpha value is -1.62. The van der Waals surface area contributed by atoms with Gasteiger partial charge in [0.2, 0.25) is 5.91 Å². The lowest BCUT2D eigenvalue weighted by molar-refractivity contribution is -0.131. The molecule has 0 atom stereocenters. The molecule has 0 unspecified atom stereocenters. The van der Waals surface area contributed by atoms with E-state index < -0.39 is 0 Å². The number of carbonyl (C=O) groups excluding carboxylic acids is 1. The summed E-state index contributed by atoms with van der Waals surface area (Å²) in [5.41, 5.74) is 0.645. The summed E-state index contributed by atoms with van der Waals surface area (Å²) < 4.78 is 13.9. The second-order valence-electron chi connectivity index (χ2n) is 7.09. The Balaban J connectivity index is 1.43. The number of halogens is 1. The van der Waals surface area contributed by atoms with E-state index in [4.69, 9.17) is 0 Å². The maximum Gasteiger partial charge on any atom is 0.223 e. The van der Waals surface area contributed by atoms with Gasteiger partial charge in [0, 0.05) is 39.1 Å². The Morgan fingerprint density at radius 1 is 1.08 bits per heavy atom. The summed E-state index contributed by atoms with van der Waals surface area (Å²) in [6.45, 7) is 8.19. The Bertz CT molecular complexity index is 549. The molecule has 0 N–H and O–H groups in total.